The van der Waals surface area contributed by atoms with E-state index in [1.165, 1.54) is 0 Å². The van der Waals surface area contributed by atoms with Crippen molar-refractivity contribution in [1.29, 1.82) is 0 Å². The van der Waals surface area contributed by atoms with E-state index in [9.17, 15) is 4.79 Å². The number of amides is 1. The van der Waals surface area contributed by atoms with E-state index in [1.54, 1.807) is 0 Å². The molecule has 0 aliphatic carbocycles. The first-order chi connectivity index (χ1) is 6.77. The van der Waals surface area contributed by atoms with Gasteiger partial charge in [-0.15, -0.1) is 0 Å². The van der Waals surface area contributed by atoms with Gasteiger partial charge in [-0.25, -0.2) is 0 Å². The summed E-state index contributed by atoms with van der Waals surface area (Å²) in [7, 11) is 0. The molecule has 1 aliphatic heterocycles. The third-order valence-corrected chi connectivity index (χ3v) is 2.53. The van der Waals surface area contributed by atoms with Crippen molar-refractivity contribution in [2.45, 2.75) is 26.7 Å². The van der Waals surface area contributed by atoms with Crippen LogP contribution in [0.25, 0.3) is 0 Å². The van der Waals surface area contributed by atoms with Gasteiger partial charge >= 0.3 is 0 Å². The molecule has 1 fully saturated rings. The highest BCUT2D eigenvalue weighted by atomic mass is 16.2. The molecular formula is C11H20N2O. The van der Waals surface area contributed by atoms with Gasteiger partial charge in [-0.3, -0.25) is 9.69 Å². The van der Waals surface area contributed by atoms with Crippen molar-refractivity contribution in [3.05, 3.63) is 12.2 Å². The van der Waals surface area contributed by atoms with Crippen molar-refractivity contribution in [2.75, 3.05) is 26.3 Å². The predicted molar refractivity (Wildman–Crippen MR) is 57.9 cm³/mol. The average Bonchev–Trinajstić information content (AvgIpc) is 2.25. The van der Waals surface area contributed by atoms with Crippen LogP contribution >= 0.6 is 0 Å². The van der Waals surface area contributed by atoms with E-state index in [2.05, 4.69) is 17.1 Å². The molecule has 1 rings (SSSR count). The highest BCUT2D eigenvalue weighted by Crippen LogP contribution is 2.07. The lowest BCUT2D eigenvalue weighted by atomic mass is 10.2. The lowest BCUT2D eigenvalue weighted by Crippen LogP contribution is -2.47. The fourth-order valence-electron chi connectivity index (χ4n) is 1.70. The highest BCUT2D eigenvalue weighted by molar-refractivity contribution is 5.75. The van der Waals surface area contributed by atoms with Crippen molar-refractivity contribution in [3.63, 3.8) is 0 Å². The smallest absolute Gasteiger partial charge is 0.223 e. The zero-order valence-corrected chi connectivity index (χ0v) is 9.20. The minimum atomic E-state index is 0.273. The Morgan fingerprint density at radius 1 is 1.43 bits per heavy atom. The summed E-state index contributed by atoms with van der Waals surface area (Å²) in [6.45, 7) is 7.75. The van der Waals surface area contributed by atoms with Crippen LogP contribution in [0.2, 0.25) is 0 Å². The van der Waals surface area contributed by atoms with E-state index >= 15 is 0 Å². The minimum absolute atomic E-state index is 0.273. The molecule has 0 radical (unpaired) electrons. The number of allylic oxidation sites excluding steroid dienone is 1. The van der Waals surface area contributed by atoms with Gasteiger partial charge in [0.05, 0.1) is 6.67 Å². The van der Waals surface area contributed by atoms with Crippen molar-refractivity contribution in [2.24, 2.45) is 0 Å². The fourth-order valence-corrected chi connectivity index (χ4v) is 1.70. The van der Waals surface area contributed by atoms with E-state index in [-0.39, 0.29) is 5.91 Å². The van der Waals surface area contributed by atoms with Crippen LogP contribution in [0, 0.1) is 0 Å². The Morgan fingerprint density at radius 3 is 2.86 bits per heavy atom. The van der Waals surface area contributed by atoms with Crippen LogP contribution in [0.4, 0.5) is 0 Å². The van der Waals surface area contributed by atoms with E-state index in [1.807, 2.05) is 18.7 Å². The van der Waals surface area contributed by atoms with E-state index < -0.39 is 0 Å². The first-order valence-corrected chi connectivity index (χ1v) is 5.39. The molecule has 3 heteroatoms. The zero-order valence-electron chi connectivity index (χ0n) is 9.20. The zero-order chi connectivity index (χ0) is 10.4. The number of carbonyl (C=O) groups is 1. The normalized spacial score (nSPS) is 19.1. The maximum Gasteiger partial charge on any atom is 0.223 e. The van der Waals surface area contributed by atoms with Crippen LogP contribution in [0.3, 0.4) is 0 Å². The Kier molecular flexibility index (Phi) is 4.66. The second-order valence-electron chi connectivity index (χ2n) is 3.65. The van der Waals surface area contributed by atoms with Crippen LogP contribution in [0.1, 0.15) is 26.7 Å². The van der Waals surface area contributed by atoms with E-state index in [0.717, 1.165) is 32.7 Å². The van der Waals surface area contributed by atoms with Crippen molar-refractivity contribution >= 4 is 5.91 Å². The van der Waals surface area contributed by atoms with Gasteiger partial charge in [0, 0.05) is 26.1 Å². The SMILES string of the molecule is CC=CCN1CCCN(C(=O)CC)C1. The van der Waals surface area contributed by atoms with E-state index in [4.69, 9.17) is 0 Å². The van der Waals surface area contributed by atoms with Crippen molar-refractivity contribution < 1.29 is 4.79 Å². The molecule has 1 saturated heterocycles. The quantitative estimate of drug-likeness (QED) is 0.638. The molecule has 0 aromatic carbocycles. The van der Waals surface area contributed by atoms with Gasteiger partial charge in [-0.05, 0) is 13.3 Å². The Balaban J connectivity index is 2.39. The molecule has 0 saturated carbocycles. The average molecular weight is 196 g/mol. The summed E-state index contributed by atoms with van der Waals surface area (Å²) in [6.07, 6.45) is 5.92. The number of hydrogen-bond donors (Lipinski definition) is 0. The molecule has 0 unspecified atom stereocenters. The summed E-state index contributed by atoms with van der Waals surface area (Å²) >= 11 is 0. The molecule has 0 bridgehead atoms. The van der Waals surface area contributed by atoms with Crippen molar-refractivity contribution in [1.82, 2.24) is 9.80 Å². The lowest BCUT2D eigenvalue weighted by molar-refractivity contribution is -0.134. The minimum Gasteiger partial charge on any atom is -0.330 e. The van der Waals surface area contributed by atoms with Crippen LogP contribution < -0.4 is 0 Å². The van der Waals surface area contributed by atoms with Crippen LogP contribution in [0.15, 0.2) is 12.2 Å². The number of nitrogens with zero attached hydrogens (tertiary/aromatic N) is 2. The van der Waals surface area contributed by atoms with Crippen LogP contribution in [0.5, 0.6) is 0 Å². The highest BCUT2D eigenvalue weighted by Gasteiger charge is 2.19. The molecule has 0 N–H and O–H groups in total. The Labute approximate surface area is 86.4 Å². The fraction of sp³-hybridized carbons (Fsp3) is 0.727. The van der Waals surface area contributed by atoms with Gasteiger partial charge in [0.15, 0.2) is 0 Å². The first kappa shape index (κ1) is 11.2. The summed E-state index contributed by atoms with van der Waals surface area (Å²) in [5.74, 6) is 0.273. The molecule has 0 aromatic heterocycles. The van der Waals surface area contributed by atoms with Crippen LogP contribution in [-0.2, 0) is 4.79 Å². The van der Waals surface area contributed by atoms with Gasteiger partial charge in [0.25, 0.3) is 0 Å². The summed E-state index contributed by atoms with van der Waals surface area (Å²) in [6, 6.07) is 0. The summed E-state index contributed by atoms with van der Waals surface area (Å²) in [4.78, 5) is 15.7. The summed E-state index contributed by atoms with van der Waals surface area (Å²) in [5.41, 5.74) is 0. The topological polar surface area (TPSA) is 23.6 Å². The Morgan fingerprint density at radius 2 is 2.21 bits per heavy atom. The molecule has 1 heterocycles. The third kappa shape index (κ3) is 3.14. The molecule has 14 heavy (non-hydrogen) atoms. The number of carbonyl (C=O) groups excluding carboxylic acids is 1. The van der Waals surface area contributed by atoms with Crippen LogP contribution in [-0.4, -0.2) is 42.0 Å². The van der Waals surface area contributed by atoms with Gasteiger partial charge in [0.2, 0.25) is 5.91 Å². The number of hydrogen-bond acceptors (Lipinski definition) is 2. The van der Waals surface area contributed by atoms with Gasteiger partial charge in [-0.1, -0.05) is 19.1 Å². The standard InChI is InChI=1S/C11H20N2O/c1-3-5-7-12-8-6-9-13(10-12)11(14)4-2/h3,5H,4,6-10H2,1-2H3. The molecule has 3 nitrogen and oxygen atoms in total. The predicted octanol–water partition coefficient (Wildman–Crippen LogP) is 1.46. The second-order valence-corrected chi connectivity index (χ2v) is 3.65. The third-order valence-electron chi connectivity index (χ3n) is 2.53. The Bertz CT molecular complexity index is 213. The van der Waals surface area contributed by atoms with Gasteiger partial charge in [-0.2, -0.15) is 0 Å². The molecule has 0 spiro atoms. The summed E-state index contributed by atoms with van der Waals surface area (Å²) in [5, 5.41) is 0. The maximum atomic E-state index is 11.5. The maximum absolute atomic E-state index is 11.5. The van der Waals surface area contributed by atoms with Gasteiger partial charge in [0.1, 0.15) is 0 Å². The first-order valence-electron chi connectivity index (χ1n) is 5.39. The lowest BCUT2D eigenvalue weighted by Gasteiger charge is -2.34. The number of rotatable bonds is 3. The molecule has 0 atom stereocenters. The largest absolute Gasteiger partial charge is 0.330 e. The van der Waals surface area contributed by atoms with Gasteiger partial charge < -0.3 is 4.90 Å². The van der Waals surface area contributed by atoms with Crippen molar-refractivity contribution in [3.8, 4) is 0 Å². The Hall–Kier alpha value is -0.830. The van der Waals surface area contributed by atoms with E-state index in [0.29, 0.717) is 6.42 Å². The molecule has 1 amide bonds. The molecular weight excluding hydrogens is 176 g/mol. The summed E-state index contributed by atoms with van der Waals surface area (Å²) < 4.78 is 0. The second kappa shape index (κ2) is 5.81. The molecule has 1 aliphatic rings. The molecule has 0 aromatic rings. The monoisotopic (exact) mass is 196 g/mol. The molecule has 80 valence electrons.